The summed E-state index contributed by atoms with van der Waals surface area (Å²) < 4.78 is 1.68. The standard InChI is InChI=1S/C13H20N4O/c1-14-12(18)8-17-7-11(6-15-17)16-13(9-2-3-9)10-4-5-10/h6-7,9-10,13,16H,2-5,8H2,1H3,(H,14,18). The molecule has 1 aromatic rings. The summed E-state index contributed by atoms with van der Waals surface area (Å²) in [6, 6.07) is 0.627. The number of hydrogen-bond acceptors (Lipinski definition) is 3. The maximum Gasteiger partial charge on any atom is 0.241 e. The van der Waals surface area contributed by atoms with Gasteiger partial charge in [0.2, 0.25) is 5.91 Å². The fraction of sp³-hybridized carbons (Fsp3) is 0.692. The average Bonchev–Trinajstić information content (AvgIpc) is 3.27. The van der Waals surface area contributed by atoms with Gasteiger partial charge in [-0.3, -0.25) is 9.48 Å². The van der Waals surface area contributed by atoms with Crippen LogP contribution in [0, 0.1) is 11.8 Å². The van der Waals surface area contributed by atoms with Crippen LogP contribution in [0.3, 0.4) is 0 Å². The number of nitrogens with zero attached hydrogens (tertiary/aromatic N) is 2. The smallest absolute Gasteiger partial charge is 0.241 e. The highest BCUT2D eigenvalue weighted by atomic mass is 16.1. The summed E-state index contributed by atoms with van der Waals surface area (Å²) in [6.45, 7) is 0.287. The van der Waals surface area contributed by atoms with E-state index in [9.17, 15) is 4.79 Å². The van der Waals surface area contributed by atoms with E-state index < -0.39 is 0 Å². The third-order valence-corrected chi connectivity index (χ3v) is 3.81. The van der Waals surface area contributed by atoms with Crippen LogP contribution in [0.25, 0.3) is 0 Å². The van der Waals surface area contributed by atoms with E-state index in [0.717, 1.165) is 17.5 Å². The molecule has 18 heavy (non-hydrogen) atoms. The van der Waals surface area contributed by atoms with Crippen LogP contribution in [0.15, 0.2) is 12.4 Å². The van der Waals surface area contributed by atoms with E-state index in [1.807, 2.05) is 12.4 Å². The molecule has 0 spiro atoms. The number of likely N-dealkylation sites (N-methyl/N-ethyl adjacent to an activating group) is 1. The summed E-state index contributed by atoms with van der Waals surface area (Å²) in [5.41, 5.74) is 1.04. The first-order chi connectivity index (χ1) is 8.76. The van der Waals surface area contributed by atoms with Crippen molar-refractivity contribution in [2.45, 2.75) is 38.3 Å². The van der Waals surface area contributed by atoms with Crippen molar-refractivity contribution < 1.29 is 4.79 Å². The zero-order valence-electron chi connectivity index (χ0n) is 10.7. The second kappa shape index (κ2) is 4.63. The maximum atomic E-state index is 11.3. The molecule has 0 unspecified atom stereocenters. The van der Waals surface area contributed by atoms with Crippen molar-refractivity contribution in [1.29, 1.82) is 0 Å². The van der Waals surface area contributed by atoms with Crippen LogP contribution < -0.4 is 10.6 Å². The first kappa shape index (κ1) is 11.6. The predicted molar refractivity (Wildman–Crippen MR) is 69.2 cm³/mol. The van der Waals surface area contributed by atoms with Gasteiger partial charge >= 0.3 is 0 Å². The van der Waals surface area contributed by atoms with E-state index >= 15 is 0 Å². The highest BCUT2D eigenvalue weighted by Gasteiger charge is 2.41. The van der Waals surface area contributed by atoms with Crippen molar-refractivity contribution in [2.75, 3.05) is 12.4 Å². The normalized spacial score (nSPS) is 19.0. The highest BCUT2D eigenvalue weighted by Crippen LogP contribution is 2.45. The van der Waals surface area contributed by atoms with Gasteiger partial charge in [0.15, 0.2) is 0 Å². The molecule has 2 saturated carbocycles. The molecule has 2 fully saturated rings. The molecule has 2 N–H and O–H groups in total. The Bertz CT molecular complexity index is 422. The molecule has 3 rings (SSSR count). The fourth-order valence-electron chi connectivity index (χ4n) is 2.47. The van der Waals surface area contributed by atoms with E-state index in [1.54, 1.807) is 11.7 Å². The van der Waals surface area contributed by atoms with Gasteiger partial charge in [-0.1, -0.05) is 0 Å². The summed E-state index contributed by atoms with van der Waals surface area (Å²) in [4.78, 5) is 11.3. The quantitative estimate of drug-likeness (QED) is 0.796. The van der Waals surface area contributed by atoms with Crippen molar-refractivity contribution in [3.63, 3.8) is 0 Å². The molecule has 98 valence electrons. The van der Waals surface area contributed by atoms with E-state index in [2.05, 4.69) is 15.7 Å². The van der Waals surface area contributed by atoms with Gasteiger partial charge in [-0.2, -0.15) is 5.10 Å². The largest absolute Gasteiger partial charge is 0.379 e. The molecule has 0 radical (unpaired) electrons. The summed E-state index contributed by atoms with van der Waals surface area (Å²) >= 11 is 0. The van der Waals surface area contributed by atoms with Crippen molar-refractivity contribution >= 4 is 11.6 Å². The second-order valence-corrected chi connectivity index (χ2v) is 5.44. The van der Waals surface area contributed by atoms with Crippen molar-refractivity contribution in [2.24, 2.45) is 11.8 Å². The third kappa shape index (κ3) is 2.66. The van der Waals surface area contributed by atoms with Gasteiger partial charge in [0.05, 0.1) is 11.9 Å². The van der Waals surface area contributed by atoms with Crippen molar-refractivity contribution in [3.05, 3.63) is 12.4 Å². The van der Waals surface area contributed by atoms with Crippen LogP contribution in [-0.2, 0) is 11.3 Å². The highest BCUT2D eigenvalue weighted by molar-refractivity contribution is 5.75. The lowest BCUT2D eigenvalue weighted by molar-refractivity contribution is -0.121. The summed E-state index contributed by atoms with van der Waals surface area (Å²) in [5.74, 6) is 1.70. The minimum atomic E-state index is -0.0226. The lowest BCUT2D eigenvalue weighted by atomic mass is 10.1. The lowest BCUT2D eigenvalue weighted by Gasteiger charge is -2.17. The molecular weight excluding hydrogens is 228 g/mol. The molecule has 0 aliphatic heterocycles. The molecule has 2 aliphatic rings. The molecule has 0 bridgehead atoms. The van der Waals surface area contributed by atoms with Gasteiger partial charge in [-0.15, -0.1) is 0 Å². The van der Waals surface area contributed by atoms with E-state index in [1.165, 1.54) is 25.7 Å². The molecule has 0 atom stereocenters. The van der Waals surface area contributed by atoms with Crippen LogP contribution in [-0.4, -0.2) is 28.8 Å². The molecule has 5 heteroatoms. The molecular formula is C13H20N4O. The van der Waals surface area contributed by atoms with Crippen LogP contribution in [0.1, 0.15) is 25.7 Å². The Labute approximate surface area is 107 Å². The van der Waals surface area contributed by atoms with E-state index in [-0.39, 0.29) is 12.5 Å². The van der Waals surface area contributed by atoms with E-state index in [0.29, 0.717) is 6.04 Å². The Morgan fingerprint density at radius 1 is 1.44 bits per heavy atom. The van der Waals surface area contributed by atoms with Crippen molar-refractivity contribution in [3.8, 4) is 0 Å². The van der Waals surface area contributed by atoms with Crippen LogP contribution in [0.2, 0.25) is 0 Å². The summed E-state index contributed by atoms with van der Waals surface area (Å²) in [7, 11) is 1.64. The third-order valence-electron chi connectivity index (χ3n) is 3.81. The molecule has 2 aliphatic carbocycles. The number of anilines is 1. The van der Waals surface area contributed by atoms with Crippen LogP contribution in [0.5, 0.6) is 0 Å². The first-order valence-electron chi connectivity index (χ1n) is 6.76. The number of amides is 1. The summed E-state index contributed by atoms with van der Waals surface area (Å²) in [6.07, 6.45) is 9.19. The SMILES string of the molecule is CNC(=O)Cn1cc(NC(C2CC2)C2CC2)cn1. The Balaban J connectivity index is 1.60. The monoisotopic (exact) mass is 248 g/mol. The van der Waals surface area contributed by atoms with Crippen LogP contribution >= 0.6 is 0 Å². The Morgan fingerprint density at radius 3 is 2.67 bits per heavy atom. The number of carbonyl (C=O) groups is 1. The van der Waals surface area contributed by atoms with Gasteiger partial charge in [-0.25, -0.2) is 0 Å². The zero-order valence-corrected chi connectivity index (χ0v) is 10.7. The molecule has 0 aromatic carbocycles. The van der Waals surface area contributed by atoms with Gasteiger partial charge in [0.1, 0.15) is 6.54 Å². The van der Waals surface area contributed by atoms with Crippen molar-refractivity contribution in [1.82, 2.24) is 15.1 Å². The minimum Gasteiger partial charge on any atom is -0.379 e. The Morgan fingerprint density at radius 2 is 2.11 bits per heavy atom. The molecule has 5 nitrogen and oxygen atoms in total. The number of carbonyl (C=O) groups excluding carboxylic acids is 1. The van der Waals surface area contributed by atoms with Gasteiger partial charge in [0.25, 0.3) is 0 Å². The lowest BCUT2D eigenvalue weighted by Crippen LogP contribution is -2.24. The van der Waals surface area contributed by atoms with Crippen LogP contribution in [0.4, 0.5) is 5.69 Å². The molecule has 1 aromatic heterocycles. The zero-order chi connectivity index (χ0) is 12.5. The van der Waals surface area contributed by atoms with Gasteiger partial charge < -0.3 is 10.6 Å². The van der Waals surface area contributed by atoms with Gasteiger partial charge in [-0.05, 0) is 37.5 Å². The number of hydrogen-bond donors (Lipinski definition) is 2. The molecule has 1 heterocycles. The predicted octanol–water partition coefficient (Wildman–Crippen LogP) is 1.23. The number of nitrogens with one attached hydrogen (secondary N) is 2. The maximum absolute atomic E-state index is 11.3. The fourth-order valence-corrected chi connectivity index (χ4v) is 2.47. The Kier molecular flexibility index (Phi) is 2.97. The average molecular weight is 248 g/mol. The molecule has 0 saturated heterocycles. The minimum absolute atomic E-state index is 0.0226. The first-order valence-corrected chi connectivity index (χ1v) is 6.76. The number of rotatable bonds is 6. The molecule has 1 amide bonds. The Hall–Kier alpha value is -1.52. The van der Waals surface area contributed by atoms with Gasteiger partial charge in [0, 0.05) is 19.3 Å². The summed E-state index contributed by atoms with van der Waals surface area (Å²) in [5, 5.41) is 10.4. The topological polar surface area (TPSA) is 59.0 Å². The second-order valence-electron chi connectivity index (χ2n) is 5.44. The number of aromatic nitrogens is 2. The van der Waals surface area contributed by atoms with E-state index in [4.69, 9.17) is 0 Å².